The minimum absolute atomic E-state index is 0.224. The lowest BCUT2D eigenvalue weighted by molar-refractivity contribution is 0.0955. The molecule has 0 saturated carbocycles. The zero-order chi connectivity index (χ0) is 22.5. The number of hydrogen-bond acceptors (Lipinski definition) is 6. The maximum Gasteiger partial charge on any atom is 0.252 e. The van der Waals surface area contributed by atoms with E-state index in [-0.39, 0.29) is 12.5 Å². The number of benzene rings is 2. The van der Waals surface area contributed by atoms with Gasteiger partial charge in [-0.15, -0.1) is 0 Å². The predicted molar refractivity (Wildman–Crippen MR) is 124 cm³/mol. The van der Waals surface area contributed by atoms with Gasteiger partial charge < -0.3 is 15.4 Å². The molecule has 9 heteroatoms. The van der Waals surface area contributed by atoms with Crippen LogP contribution >= 0.6 is 11.6 Å². The molecule has 0 atom stereocenters. The van der Waals surface area contributed by atoms with Crippen molar-refractivity contribution in [1.29, 1.82) is 0 Å². The summed E-state index contributed by atoms with van der Waals surface area (Å²) in [6, 6.07) is 16.8. The monoisotopic (exact) mass is 450 g/mol. The lowest BCUT2D eigenvalue weighted by atomic mass is 10.2. The van der Waals surface area contributed by atoms with Crippen molar-refractivity contribution in [3.05, 3.63) is 76.7 Å². The first-order chi connectivity index (χ1) is 15.6. The van der Waals surface area contributed by atoms with E-state index in [4.69, 9.17) is 16.3 Å². The zero-order valence-electron chi connectivity index (χ0n) is 17.8. The zero-order valence-corrected chi connectivity index (χ0v) is 18.6. The number of para-hydroxylation sites is 1. The number of ether oxygens (including phenoxy) is 1. The number of halogens is 1. The van der Waals surface area contributed by atoms with Crippen molar-refractivity contribution < 1.29 is 9.53 Å². The van der Waals surface area contributed by atoms with Crippen LogP contribution in [0.1, 0.15) is 21.9 Å². The fourth-order valence-electron chi connectivity index (χ4n) is 3.40. The van der Waals surface area contributed by atoms with E-state index in [0.29, 0.717) is 41.0 Å². The third-order valence-corrected chi connectivity index (χ3v) is 5.17. The van der Waals surface area contributed by atoms with E-state index in [1.54, 1.807) is 36.1 Å². The van der Waals surface area contributed by atoms with Crippen LogP contribution < -0.4 is 10.6 Å². The first kappa shape index (κ1) is 21.7. The van der Waals surface area contributed by atoms with Crippen LogP contribution in [-0.4, -0.2) is 45.9 Å². The Balaban J connectivity index is 1.56. The molecule has 0 bridgehead atoms. The van der Waals surface area contributed by atoms with Gasteiger partial charge in [-0.3, -0.25) is 4.79 Å². The molecule has 0 radical (unpaired) electrons. The maximum absolute atomic E-state index is 12.4. The second-order valence-electron chi connectivity index (χ2n) is 7.12. The molecule has 4 aromatic rings. The highest BCUT2D eigenvalue weighted by Crippen LogP contribution is 2.26. The van der Waals surface area contributed by atoms with Crippen molar-refractivity contribution in [3.63, 3.8) is 0 Å². The van der Waals surface area contributed by atoms with E-state index in [0.717, 1.165) is 16.8 Å². The van der Waals surface area contributed by atoms with Gasteiger partial charge in [0, 0.05) is 20.2 Å². The summed E-state index contributed by atoms with van der Waals surface area (Å²) in [4.78, 5) is 21.6. The highest BCUT2D eigenvalue weighted by atomic mass is 35.5. The normalized spacial score (nSPS) is 11.0. The Morgan fingerprint density at radius 3 is 2.56 bits per heavy atom. The fourth-order valence-corrected chi connectivity index (χ4v) is 3.62. The number of aryl methyl sites for hydroxylation is 1. The Kier molecular flexibility index (Phi) is 6.63. The first-order valence-electron chi connectivity index (χ1n) is 10.2. The van der Waals surface area contributed by atoms with Crippen LogP contribution in [0.25, 0.3) is 16.7 Å². The summed E-state index contributed by atoms with van der Waals surface area (Å²) >= 11 is 6.10. The summed E-state index contributed by atoms with van der Waals surface area (Å²) in [6.45, 7) is 3.05. The molecular formula is C23H23ClN6O2. The number of amides is 1. The van der Waals surface area contributed by atoms with Crippen LogP contribution in [-0.2, 0) is 11.3 Å². The van der Waals surface area contributed by atoms with Crippen molar-refractivity contribution in [1.82, 2.24) is 25.1 Å². The lowest BCUT2D eigenvalue weighted by Crippen LogP contribution is -2.29. The van der Waals surface area contributed by atoms with Gasteiger partial charge in [0.2, 0.25) is 0 Å². The van der Waals surface area contributed by atoms with E-state index >= 15 is 0 Å². The SMILES string of the molecule is COCc1nc(NCCNC(=O)c2ccccc2Cl)c2c(C)nn(-c3ccccc3)c2n1. The number of anilines is 1. The van der Waals surface area contributed by atoms with Crippen molar-refractivity contribution in [2.24, 2.45) is 0 Å². The van der Waals surface area contributed by atoms with Crippen LogP contribution in [0, 0.1) is 6.92 Å². The van der Waals surface area contributed by atoms with Gasteiger partial charge in [-0.2, -0.15) is 5.10 Å². The quantitative estimate of drug-likeness (QED) is 0.397. The average molecular weight is 451 g/mol. The molecule has 0 fully saturated rings. The molecule has 4 rings (SSSR count). The minimum atomic E-state index is -0.224. The molecule has 2 aromatic heterocycles. The van der Waals surface area contributed by atoms with Gasteiger partial charge in [0.15, 0.2) is 11.5 Å². The number of aromatic nitrogens is 4. The molecule has 0 aliphatic heterocycles. The molecule has 0 spiro atoms. The molecule has 0 saturated heterocycles. The van der Waals surface area contributed by atoms with E-state index in [9.17, 15) is 4.79 Å². The third kappa shape index (κ3) is 4.56. The van der Waals surface area contributed by atoms with E-state index in [2.05, 4.69) is 25.7 Å². The highest BCUT2D eigenvalue weighted by Gasteiger charge is 2.17. The van der Waals surface area contributed by atoms with Gasteiger partial charge in [-0.1, -0.05) is 41.9 Å². The molecule has 2 aromatic carbocycles. The summed E-state index contributed by atoms with van der Waals surface area (Å²) in [5, 5.41) is 12.1. The second-order valence-corrected chi connectivity index (χ2v) is 7.52. The summed E-state index contributed by atoms with van der Waals surface area (Å²) in [5.41, 5.74) is 2.85. The third-order valence-electron chi connectivity index (χ3n) is 4.84. The Bertz CT molecular complexity index is 1240. The van der Waals surface area contributed by atoms with E-state index < -0.39 is 0 Å². The number of rotatable bonds is 8. The van der Waals surface area contributed by atoms with Crippen LogP contribution in [0.5, 0.6) is 0 Å². The van der Waals surface area contributed by atoms with Gasteiger partial charge in [0.25, 0.3) is 5.91 Å². The van der Waals surface area contributed by atoms with E-state index in [1.807, 2.05) is 37.3 Å². The van der Waals surface area contributed by atoms with Gasteiger partial charge in [0.1, 0.15) is 12.4 Å². The van der Waals surface area contributed by atoms with Gasteiger partial charge in [-0.05, 0) is 31.2 Å². The first-order valence-corrected chi connectivity index (χ1v) is 10.5. The number of carbonyl (C=O) groups excluding carboxylic acids is 1. The van der Waals surface area contributed by atoms with Crippen LogP contribution in [0.15, 0.2) is 54.6 Å². The standard InChI is InChI=1S/C23H23ClN6O2/c1-15-20-21(25-12-13-26-23(31)17-10-6-7-11-18(17)24)27-19(14-32-2)28-22(20)30(29-15)16-8-4-3-5-9-16/h3-11H,12-14H2,1-2H3,(H,26,31)(H,25,27,28). The topological polar surface area (TPSA) is 94.0 Å². The number of fused-ring (bicyclic) bond motifs is 1. The van der Waals surface area contributed by atoms with Crippen molar-refractivity contribution in [2.75, 3.05) is 25.5 Å². The van der Waals surface area contributed by atoms with Gasteiger partial charge in [-0.25, -0.2) is 14.6 Å². The summed E-state index contributed by atoms with van der Waals surface area (Å²) in [7, 11) is 1.60. The Morgan fingerprint density at radius 1 is 1.06 bits per heavy atom. The Labute approximate surface area is 190 Å². The molecule has 164 valence electrons. The van der Waals surface area contributed by atoms with Crippen LogP contribution in [0.3, 0.4) is 0 Å². The van der Waals surface area contributed by atoms with Crippen molar-refractivity contribution in [2.45, 2.75) is 13.5 Å². The van der Waals surface area contributed by atoms with Crippen LogP contribution in [0.4, 0.5) is 5.82 Å². The molecule has 32 heavy (non-hydrogen) atoms. The summed E-state index contributed by atoms with van der Waals surface area (Å²) in [6.07, 6.45) is 0. The molecule has 2 N–H and O–H groups in total. The predicted octanol–water partition coefficient (Wildman–Crippen LogP) is 3.77. The second kappa shape index (κ2) is 9.76. The highest BCUT2D eigenvalue weighted by molar-refractivity contribution is 6.33. The van der Waals surface area contributed by atoms with Crippen LogP contribution in [0.2, 0.25) is 5.02 Å². The largest absolute Gasteiger partial charge is 0.377 e. The van der Waals surface area contributed by atoms with Crippen molar-refractivity contribution in [3.8, 4) is 5.69 Å². The number of hydrogen-bond donors (Lipinski definition) is 2. The lowest BCUT2D eigenvalue weighted by Gasteiger charge is -2.11. The summed E-state index contributed by atoms with van der Waals surface area (Å²) in [5.74, 6) is 0.965. The van der Waals surface area contributed by atoms with Gasteiger partial charge >= 0.3 is 0 Å². The van der Waals surface area contributed by atoms with Gasteiger partial charge in [0.05, 0.1) is 27.4 Å². The number of nitrogens with zero attached hydrogens (tertiary/aromatic N) is 4. The number of carbonyl (C=O) groups is 1. The van der Waals surface area contributed by atoms with Crippen molar-refractivity contribution >= 4 is 34.4 Å². The Hall–Kier alpha value is -3.49. The summed E-state index contributed by atoms with van der Waals surface area (Å²) < 4.78 is 7.05. The average Bonchev–Trinajstić information content (AvgIpc) is 3.14. The molecule has 1 amide bonds. The Morgan fingerprint density at radius 2 is 1.81 bits per heavy atom. The number of methoxy groups -OCH3 is 1. The smallest absolute Gasteiger partial charge is 0.252 e. The molecule has 8 nitrogen and oxygen atoms in total. The van der Waals surface area contributed by atoms with E-state index in [1.165, 1.54) is 0 Å². The molecular weight excluding hydrogens is 428 g/mol. The molecule has 0 unspecified atom stereocenters. The minimum Gasteiger partial charge on any atom is -0.377 e. The molecule has 0 aliphatic rings. The fraction of sp³-hybridized carbons (Fsp3) is 0.217. The molecule has 0 aliphatic carbocycles. The molecule has 2 heterocycles. The maximum atomic E-state index is 12.4. The number of nitrogens with one attached hydrogen (secondary N) is 2.